The smallest absolute Gasteiger partial charge is 0.249 e. The Morgan fingerprint density at radius 2 is 2.14 bits per heavy atom. The molecule has 3 rings (SSSR count). The highest BCUT2D eigenvalue weighted by Gasteiger charge is 2.33. The molecule has 0 spiro atoms. The number of carbonyl (C=O) groups excluding carboxylic acids is 1. The fraction of sp³-hybridized carbons (Fsp3) is 0.438. The molecule has 2 aromatic rings. The lowest BCUT2D eigenvalue weighted by atomic mass is 10.2. The van der Waals surface area contributed by atoms with E-state index in [0.717, 1.165) is 19.3 Å². The van der Waals surface area contributed by atoms with Crippen molar-refractivity contribution in [1.29, 1.82) is 0 Å². The van der Waals surface area contributed by atoms with Crippen molar-refractivity contribution in [2.75, 3.05) is 6.54 Å². The third-order valence-corrected chi connectivity index (χ3v) is 3.96. The second-order valence-corrected chi connectivity index (χ2v) is 5.92. The molecule has 1 aromatic carbocycles. The minimum absolute atomic E-state index is 0.192. The first kappa shape index (κ1) is 15.0. The maximum absolute atomic E-state index is 12.2. The summed E-state index contributed by atoms with van der Waals surface area (Å²) in [7, 11) is 0. The summed E-state index contributed by atoms with van der Waals surface area (Å²) in [4.78, 5) is 14.1. The molecule has 1 fully saturated rings. The molecule has 1 aliphatic rings. The van der Waals surface area contributed by atoms with E-state index in [1.165, 1.54) is 0 Å². The Hall–Kier alpha value is -1.88. The van der Waals surface area contributed by atoms with Crippen LogP contribution in [0.5, 0.6) is 0 Å². The van der Waals surface area contributed by atoms with E-state index in [1.54, 1.807) is 6.07 Å². The number of rotatable bonds is 6. The van der Waals surface area contributed by atoms with Crippen LogP contribution >= 0.6 is 11.6 Å². The Balaban J connectivity index is 1.75. The van der Waals surface area contributed by atoms with Gasteiger partial charge in [-0.2, -0.15) is 0 Å². The van der Waals surface area contributed by atoms with Crippen LogP contribution in [0.3, 0.4) is 0 Å². The molecule has 1 saturated carbocycles. The largest absolute Gasteiger partial charge is 0.419 e. The summed E-state index contributed by atoms with van der Waals surface area (Å²) in [6, 6.07) is 7.32. The zero-order valence-electron chi connectivity index (χ0n) is 12.5. The molecule has 0 atom stereocenters. The first-order valence-electron chi connectivity index (χ1n) is 7.55. The zero-order valence-corrected chi connectivity index (χ0v) is 13.2. The Labute approximate surface area is 134 Å². The maximum Gasteiger partial charge on any atom is 0.249 e. The second-order valence-electron chi connectivity index (χ2n) is 5.51. The molecule has 5 nitrogen and oxygen atoms in total. The van der Waals surface area contributed by atoms with E-state index >= 15 is 0 Å². The van der Waals surface area contributed by atoms with Crippen LogP contribution < -0.4 is 0 Å². The Morgan fingerprint density at radius 3 is 2.82 bits per heavy atom. The number of carbonyl (C=O) groups is 1. The standard InChI is InChI=1S/C16H18ClN3O2/c1-2-9-20(16(21)11-7-8-11)10-14-18-19-15(22-14)12-5-3-4-6-13(12)17/h3-6,11H,2,7-10H2,1H3. The van der Waals surface area contributed by atoms with Gasteiger partial charge >= 0.3 is 0 Å². The number of hydrogen-bond acceptors (Lipinski definition) is 4. The Morgan fingerprint density at radius 1 is 1.36 bits per heavy atom. The van der Waals surface area contributed by atoms with E-state index in [0.29, 0.717) is 35.5 Å². The van der Waals surface area contributed by atoms with Gasteiger partial charge in [0.1, 0.15) is 0 Å². The Kier molecular flexibility index (Phi) is 4.43. The van der Waals surface area contributed by atoms with Gasteiger partial charge in [-0.3, -0.25) is 4.79 Å². The lowest BCUT2D eigenvalue weighted by Crippen LogP contribution is -2.32. The summed E-state index contributed by atoms with van der Waals surface area (Å²) in [6.07, 6.45) is 2.89. The lowest BCUT2D eigenvalue weighted by molar-refractivity contribution is -0.133. The molecule has 22 heavy (non-hydrogen) atoms. The normalized spacial score (nSPS) is 14.1. The van der Waals surface area contributed by atoms with Crippen LogP contribution in [-0.4, -0.2) is 27.5 Å². The van der Waals surface area contributed by atoms with E-state index in [2.05, 4.69) is 17.1 Å². The van der Waals surface area contributed by atoms with Crippen molar-refractivity contribution in [3.8, 4) is 11.5 Å². The van der Waals surface area contributed by atoms with Crippen LogP contribution in [0.25, 0.3) is 11.5 Å². The fourth-order valence-electron chi connectivity index (χ4n) is 2.35. The molecule has 0 radical (unpaired) electrons. The van der Waals surface area contributed by atoms with Crippen molar-refractivity contribution in [2.45, 2.75) is 32.7 Å². The number of amides is 1. The number of halogens is 1. The third kappa shape index (κ3) is 3.30. The van der Waals surface area contributed by atoms with Crippen LogP contribution in [0.15, 0.2) is 28.7 Å². The molecule has 1 aromatic heterocycles. The molecule has 0 bridgehead atoms. The minimum Gasteiger partial charge on any atom is -0.419 e. The van der Waals surface area contributed by atoms with Crippen molar-refractivity contribution in [1.82, 2.24) is 15.1 Å². The van der Waals surface area contributed by atoms with Crippen molar-refractivity contribution >= 4 is 17.5 Å². The third-order valence-electron chi connectivity index (χ3n) is 3.63. The Bertz CT molecular complexity index is 667. The average molecular weight is 320 g/mol. The second kappa shape index (κ2) is 6.48. The maximum atomic E-state index is 12.2. The molecule has 0 saturated heterocycles. The van der Waals surface area contributed by atoms with Gasteiger partial charge in [-0.15, -0.1) is 10.2 Å². The van der Waals surface area contributed by atoms with Gasteiger partial charge < -0.3 is 9.32 Å². The van der Waals surface area contributed by atoms with Crippen molar-refractivity contribution in [3.05, 3.63) is 35.2 Å². The van der Waals surface area contributed by atoms with Crippen LogP contribution in [0.1, 0.15) is 32.1 Å². The van der Waals surface area contributed by atoms with Gasteiger partial charge in [0.25, 0.3) is 0 Å². The highest BCUT2D eigenvalue weighted by Crippen LogP contribution is 2.32. The van der Waals surface area contributed by atoms with E-state index < -0.39 is 0 Å². The predicted octanol–water partition coefficient (Wildman–Crippen LogP) is 3.54. The fourth-order valence-corrected chi connectivity index (χ4v) is 2.57. The van der Waals surface area contributed by atoms with E-state index in [4.69, 9.17) is 16.0 Å². The molecule has 1 heterocycles. The summed E-state index contributed by atoms with van der Waals surface area (Å²) in [5.41, 5.74) is 0.707. The zero-order chi connectivity index (χ0) is 15.5. The van der Waals surface area contributed by atoms with Crippen molar-refractivity contribution in [3.63, 3.8) is 0 Å². The summed E-state index contributed by atoms with van der Waals surface area (Å²) in [5.74, 6) is 1.21. The van der Waals surface area contributed by atoms with Gasteiger partial charge in [0.2, 0.25) is 17.7 Å². The summed E-state index contributed by atoms with van der Waals surface area (Å²) in [5, 5.41) is 8.66. The number of hydrogen-bond donors (Lipinski definition) is 0. The SMILES string of the molecule is CCCN(Cc1nnc(-c2ccccc2Cl)o1)C(=O)C1CC1. The monoisotopic (exact) mass is 319 g/mol. The van der Waals surface area contributed by atoms with E-state index in [1.807, 2.05) is 23.1 Å². The quantitative estimate of drug-likeness (QED) is 0.817. The molecule has 0 N–H and O–H groups in total. The van der Waals surface area contributed by atoms with Gasteiger partial charge in [0.15, 0.2) is 0 Å². The highest BCUT2D eigenvalue weighted by atomic mass is 35.5. The number of benzene rings is 1. The first-order chi connectivity index (χ1) is 10.7. The van der Waals surface area contributed by atoms with E-state index in [9.17, 15) is 4.79 Å². The number of aromatic nitrogens is 2. The summed E-state index contributed by atoms with van der Waals surface area (Å²) >= 11 is 6.13. The molecular formula is C16H18ClN3O2. The average Bonchev–Trinajstić information content (AvgIpc) is 3.27. The molecular weight excluding hydrogens is 302 g/mol. The minimum atomic E-state index is 0.192. The van der Waals surface area contributed by atoms with E-state index in [-0.39, 0.29) is 11.8 Å². The molecule has 6 heteroatoms. The topological polar surface area (TPSA) is 59.2 Å². The summed E-state index contributed by atoms with van der Waals surface area (Å²) < 4.78 is 5.68. The van der Waals surface area contributed by atoms with Crippen LogP contribution in [0.4, 0.5) is 0 Å². The van der Waals surface area contributed by atoms with Crippen LogP contribution in [0, 0.1) is 5.92 Å². The van der Waals surface area contributed by atoms with Gasteiger partial charge in [-0.1, -0.05) is 30.7 Å². The van der Waals surface area contributed by atoms with Gasteiger partial charge in [-0.05, 0) is 31.4 Å². The molecule has 0 unspecified atom stereocenters. The molecule has 1 aliphatic carbocycles. The van der Waals surface area contributed by atoms with Gasteiger partial charge in [-0.25, -0.2) is 0 Å². The summed E-state index contributed by atoms with van der Waals surface area (Å²) in [6.45, 7) is 3.12. The number of nitrogens with zero attached hydrogens (tertiary/aromatic N) is 3. The molecule has 1 amide bonds. The van der Waals surface area contributed by atoms with Crippen molar-refractivity contribution in [2.24, 2.45) is 5.92 Å². The predicted molar refractivity (Wildman–Crippen MR) is 83.2 cm³/mol. The van der Waals surface area contributed by atoms with Gasteiger partial charge in [0.05, 0.1) is 17.1 Å². The molecule has 116 valence electrons. The highest BCUT2D eigenvalue weighted by molar-refractivity contribution is 6.33. The van der Waals surface area contributed by atoms with Crippen LogP contribution in [0.2, 0.25) is 5.02 Å². The lowest BCUT2D eigenvalue weighted by Gasteiger charge is -2.19. The first-order valence-corrected chi connectivity index (χ1v) is 7.93. The molecule has 0 aliphatic heterocycles. The van der Waals surface area contributed by atoms with Crippen molar-refractivity contribution < 1.29 is 9.21 Å². The van der Waals surface area contributed by atoms with Crippen LogP contribution in [-0.2, 0) is 11.3 Å². The van der Waals surface area contributed by atoms with Gasteiger partial charge in [0, 0.05) is 12.5 Å².